The molecule has 0 aromatic heterocycles. The molecule has 0 atom stereocenters. The van der Waals surface area contributed by atoms with Gasteiger partial charge in [-0.05, 0) is 42.5 Å². The minimum absolute atomic E-state index is 0.120. The van der Waals surface area contributed by atoms with E-state index < -0.39 is 0 Å². The van der Waals surface area contributed by atoms with Gasteiger partial charge in [-0.15, -0.1) is 0 Å². The molecule has 3 N–H and O–H groups in total. The summed E-state index contributed by atoms with van der Waals surface area (Å²) in [6.07, 6.45) is 0. The molecule has 0 aliphatic rings. The van der Waals surface area contributed by atoms with E-state index in [0.29, 0.717) is 11.3 Å². The summed E-state index contributed by atoms with van der Waals surface area (Å²) in [5.41, 5.74) is 2.82. The number of carbonyl (C=O) groups excluding carboxylic acids is 2. The van der Waals surface area contributed by atoms with Crippen LogP contribution in [0.25, 0.3) is 0 Å². The van der Waals surface area contributed by atoms with E-state index in [1.165, 1.54) is 0 Å². The van der Waals surface area contributed by atoms with Crippen LogP contribution in [0.5, 0.6) is 0 Å². The van der Waals surface area contributed by atoms with Crippen LogP contribution in [-0.2, 0) is 4.79 Å². The fourth-order valence-electron chi connectivity index (χ4n) is 2.46. The number of para-hydroxylation sites is 3. The smallest absolute Gasteiger partial charge is 0.251 e. The average molecular weight is 424 g/mol. The molecule has 0 fully saturated rings. The van der Waals surface area contributed by atoms with Crippen molar-refractivity contribution in [1.82, 2.24) is 5.32 Å². The summed E-state index contributed by atoms with van der Waals surface area (Å²) in [6, 6.07) is 24.1. The van der Waals surface area contributed by atoms with Crippen molar-refractivity contribution in [3.63, 3.8) is 0 Å². The zero-order valence-corrected chi connectivity index (χ0v) is 16.0. The first-order valence-corrected chi connectivity index (χ1v) is 9.16. The minimum atomic E-state index is -0.305. The third-order valence-electron chi connectivity index (χ3n) is 3.75. The van der Waals surface area contributed by atoms with E-state index in [4.69, 9.17) is 0 Å². The van der Waals surface area contributed by atoms with Gasteiger partial charge in [0.05, 0.1) is 17.9 Å². The van der Waals surface area contributed by atoms with Crippen molar-refractivity contribution in [2.24, 2.45) is 0 Å². The summed E-state index contributed by atoms with van der Waals surface area (Å²) >= 11 is 3.32. The fourth-order valence-corrected chi connectivity index (χ4v) is 2.86. The molecule has 0 aliphatic carbocycles. The molecule has 0 aliphatic heterocycles. The lowest BCUT2D eigenvalue weighted by Gasteiger charge is -2.13. The van der Waals surface area contributed by atoms with E-state index >= 15 is 0 Å². The van der Waals surface area contributed by atoms with E-state index in [9.17, 15) is 9.59 Å². The molecular formula is C21H18BrN3O2. The van der Waals surface area contributed by atoms with Crippen LogP contribution in [0.3, 0.4) is 0 Å². The first-order valence-electron chi connectivity index (χ1n) is 8.36. The Morgan fingerprint density at radius 1 is 0.815 bits per heavy atom. The lowest BCUT2D eigenvalue weighted by atomic mass is 10.2. The van der Waals surface area contributed by atoms with Gasteiger partial charge in [-0.1, -0.05) is 52.3 Å². The lowest BCUT2D eigenvalue weighted by Crippen LogP contribution is -2.32. The van der Waals surface area contributed by atoms with Crippen molar-refractivity contribution < 1.29 is 9.59 Å². The molecule has 0 bridgehead atoms. The molecule has 0 heterocycles. The molecule has 3 rings (SSSR count). The molecule has 0 spiro atoms. The van der Waals surface area contributed by atoms with Crippen molar-refractivity contribution in [3.05, 3.63) is 88.9 Å². The Bertz CT molecular complexity index is 945. The van der Waals surface area contributed by atoms with Gasteiger partial charge in [-0.3, -0.25) is 9.59 Å². The van der Waals surface area contributed by atoms with Crippen LogP contribution < -0.4 is 16.0 Å². The Labute approximate surface area is 165 Å². The van der Waals surface area contributed by atoms with Gasteiger partial charge in [-0.2, -0.15) is 0 Å². The van der Waals surface area contributed by atoms with Gasteiger partial charge in [0, 0.05) is 15.7 Å². The molecule has 0 saturated heterocycles. The third-order valence-corrected chi connectivity index (χ3v) is 4.24. The Hall–Kier alpha value is -3.12. The number of hydrogen-bond acceptors (Lipinski definition) is 3. The largest absolute Gasteiger partial charge is 0.354 e. The second kappa shape index (κ2) is 9.00. The van der Waals surface area contributed by atoms with Crippen LogP contribution in [0.1, 0.15) is 10.4 Å². The Kier molecular flexibility index (Phi) is 6.22. The molecule has 3 aromatic carbocycles. The summed E-state index contributed by atoms with van der Waals surface area (Å²) in [5.74, 6) is -0.609. The number of anilines is 3. The van der Waals surface area contributed by atoms with Crippen molar-refractivity contribution in [1.29, 1.82) is 0 Å². The van der Waals surface area contributed by atoms with Crippen molar-refractivity contribution in [2.75, 3.05) is 17.2 Å². The predicted molar refractivity (Wildman–Crippen MR) is 111 cm³/mol. The highest BCUT2D eigenvalue weighted by Crippen LogP contribution is 2.24. The normalized spacial score (nSPS) is 10.1. The standard InChI is InChI=1S/C21H18BrN3O2/c22-16-8-6-7-15(13-16)21(27)23-14-20(26)25-19-12-5-4-11-18(19)24-17-9-2-1-3-10-17/h1-13,24H,14H2,(H,23,27)(H,25,26). The number of amides is 2. The predicted octanol–water partition coefficient (Wildman–Crippen LogP) is 4.56. The number of benzene rings is 3. The minimum Gasteiger partial charge on any atom is -0.354 e. The molecular weight excluding hydrogens is 406 g/mol. The van der Waals surface area contributed by atoms with Crippen molar-refractivity contribution in [3.8, 4) is 0 Å². The highest BCUT2D eigenvalue weighted by atomic mass is 79.9. The highest BCUT2D eigenvalue weighted by Gasteiger charge is 2.10. The third kappa shape index (κ3) is 5.43. The molecule has 0 radical (unpaired) electrons. The van der Waals surface area contributed by atoms with Gasteiger partial charge in [0.2, 0.25) is 5.91 Å². The number of rotatable bonds is 6. The molecule has 0 saturated carbocycles. The van der Waals surface area contributed by atoms with Crippen LogP contribution in [0.4, 0.5) is 17.1 Å². The summed E-state index contributed by atoms with van der Waals surface area (Å²) in [6.45, 7) is -0.120. The molecule has 136 valence electrons. The summed E-state index contributed by atoms with van der Waals surface area (Å²) in [5, 5.41) is 8.71. The summed E-state index contributed by atoms with van der Waals surface area (Å²) in [7, 11) is 0. The molecule has 3 aromatic rings. The van der Waals surface area contributed by atoms with E-state index in [-0.39, 0.29) is 18.4 Å². The summed E-state index contributed by atoms with van der Waals surface area (Å²) in [4.78, 5) is 24.4. The molecule has 5 nitrogen and oxygen atoms in total. The fraction of sp³-hybridized carbons (Fsp3) is 0.0476. The van der Waals surface area contributed by atoms with Crippen LogP contribution in [0, 0.1) is 0 Å². The second-order valence-electron chi connectivity index (χ2n) is 5.78. The SMILES string of the molecule is O=C(CNC(=O)c1cccc(Br)c1)Nc1ccccc1Nc1ccccc1. The van der Waals surface area contributed by atoms with Gasteiger partial charge in [0.15, 0.2) is 0 Å². The molecule has 27 heavy (non-hydrogen) atoms. The summed E-state index contributed by atoms with van der Waals surface area (Å²) < 4.78 is 0.806. The van der Waals surface area contributed by atoms with Crippen molar-refractivity contribution >= 4 is 44.8 Å². The topological polar surface area (TPSA) is 70.2 Å². The van der Waals surface area contributed by atoms with E-state index in [1.54, 1.807) is 24.3 Å². The van der Waals surface area contributed by atoms with E-state index in [1.807, 2.05) is 54.6 Å². The zero-order valence-electron chi connectivity index (χ0n) is 14.4. The number of carbonyl (C=O) groups is 2. The lowest BCUT2D eigenvalue weighted by molar-refractivity contribution is -0.115. The van der Waals surface area contributed by atoms with E-state index in [0.717, 1.165) is 15.8 Å². The van der Waals surface area contributed by atoms with Gasteiger partial charge in [-0.25, -0.2) is 0 Å². The first-order chi connectivity index (χ1) is 13.1. The monoisotopic (exact) mass is 423 g/mol. The number of halogens is 1. The number of hydrogen-bond donors (Lipinski definition) is 3. The Morgan fingerprint density at radius 2 is 1.52 bits per heavy atom. The van der Waals surface area contributed by atoms with Crippen LogP contribution in [0.2, 0.25) is 0 Å². The Morgan fingerprint density at radius 3 is 2.26 bits per heavy atom. The first kappa shape index (κ1) is 18.7. The molecule has 2 amide bonds. The average Bonchev–Trinajstić information content (AvgIpc) is 2.68. The number of nitrogens with one attached hydrogen (secondary N) is 3. The zero-order chi connectivity index (χ0) is 19.1. The van der Waals surface area contributed by atoms with Gasteiger partial charge < -0.3 is 16.0 Å². The van der Waals surface area contributed by atoms with Crippen LogP contribution in [0.15, 0.2) is 83.3 Å². The van der Waals surface area contributed by atoms with Crippen molar-refractivity contribution in [2.45, 2.75) is 0 Å². The second-order valence-corrected chi connectivity index (χ2v) is 6.69. The Balaban J connectivity index is 1.60. The molecule has 0 unspecified atom stereocenters. The highest BCUT2D eigenvalue weighted by molar-refractivity contribution is 9.10. The maximum Gasteiger partial charge on any atom is 0.251 e. The van der Waals surface area contributed by atoms with Gasteiger partial charge in [0.25, 0.3) is 5.91 Å². The maximum absolute atomic E-state index is 12.3. The maximum atomic E-state index is 12.3. The van der Waals surface area contributed by atoms with Gasteiger partial charge >= 0.3 is 0 Å². The quantitative estimate of drug-likeness (QED) is 0.543. The van der Waals surface area contributed by atoms with Crippen LogP contribution >= 0.6 is 15.9 Å². The van der Waals surface area contributed by atoms with Gasteiger partial charge in [0.1, 0.15) is 0 Å². The van der Waals surface area contributed by atoms with E-state index in [2.05, 4.69) is 31.9 Å². The van der Waals surface area contributed by atoms with Crippen LogP contribution in [-0.4, -0.2) is 18.4 Å². The molecule has 6 heteroatoms.